The molecule has 1 aromatic carbocycles. The van der Waals surface area contributed by atoms with E-state index < -0.39 is 10.0 Å². The number of nitrogens with zero attached hydrogens (tertiary/aromatic N) is 2. The Kier molecular flexibility index (Phi) is 4.05. The Hall–Kier alpha value is -1.93. The molecule has 0 aliphatic rings. The van der Waals surface area contributed by atoms with E-state index in [4.69, 9.17) is 4.74 Å². The third-order valence-corrected chi connectivity index (χ3v) is 4.29. The number of benzene rings is 1. The molecule has 0 saturated heterocycles. The summed E-state index contributed by atoms with van der Waals surface area (Å²) in [4.78, 5) is 16.4. The van der Waals surface area contributed by atoms with Crippen molar-refractivity contribution < 1.29 is 13.2 Å². The highest BCUT2D eigenvalue weighted by Crippen LogP contribution is 2.15. The molecule has 0 bridgehead atoms. The van der Waals surface area contributed by atoms with Crippen LogP contribution in [0.5, 0.6) is 5.75 Å². The molecule has 2 aromatic rings. The maximum Gasteiger partial charge on any atom is 0.261 e. The predicted molar refractivity (Wildman–Crippen MR) is 75.4 cm³/mol. The van der Waals surface area contributed by atoms with Crippen molar-refractivity contribution in [1.82, 2.24) is 14.3 Å². The van der Waals surface area contributed by atoms with Gasteiger partial charge in [0.05, 0.1) is 30.1 Å². The van der Waals surface area contributed by atoms with Gasteiger partial charge in [-0.2, -0.15) is 0 Å². The first-order valence-electron chi connectivity index (χ1n) is 5.91. The summed E-state index contributed by atoms with van der Waals surface area (Å²) >= 11 is 0. The van der Waals surface area contributed by atoms with E-state index in [1.165, 1.54) is 25.1 Å². The SMILES string of the molecule is CNS(=O)(=O)CCn1cnc2ccc(OC)cc2c1=O. The molecular formula is C12H15N3O4S. The largest absolute Gasteiger partial charge is 0.497 e. The summed E-state index contributed by atoms with van der Waals surface area (Å²) in [5.74, 6) is 0.373. The van der Waals surface area contributed by atoms with Crippen molar-refractivity contribution in [2.45, 2.75) is 6.54 Å². The van der Waals surface area contributed by atoms with Crippen LogP contribution in [0.15, 0.2) is 29.3 Å². The molecule has 108 valence electrons. The van der Waals surface area contributed by atoms with Gasteiger partial charge in [0.25, 0.3) is 5.56 Å². The maximum atomic E-state index is 12.3. The molecule has 8 heteroatoms. The lowest BCUT2D eigenvalue weighted by Gasteiger charge is -2.07. The van der Waals surface area contributed by atoms with Crippen LogP contribution in [-0.4, -0.2) is 37.9 Å². The molecule has 0 radical (unpaired) electrons. The van der Waals surface area contributed by atoms with E-state index in [9.17, 15) is 13.2 Å². The van der Waals surface area contributed by atoms with Crippen LogP contribution in [0.25, 0.3) is 10.9 Å². The van der Waals surface area contributed by atoms with Gasteiger partial charge in [-0.3, -0.25) is 9.36 Å². The van der Waals surface area contributed by atoms with Crippen molar-refractivity contribution in [3.05, 3.63) is 34.9 Å². The number of aryl methyl sites for hydroxylation is 1. The maximum absolute atomic E-state index is 12.3. The summed E-state index contributed by atoms with van der Waals surface area (Å²) in [5.41, 5.74) is 0.253. The fourth-order valence-electron chi connectivity index (χ4n) is 1.74. The Labute approximate surface area is 116 Å². The second kappa shape index (κ2) is 5.59. The molecule has 0 aliphatic heterocycles. The van der Waals surface area contributed by atoms with Crippen molar-refractivity contribution in [2.75, 3.05) is 19.9 Å². The van der Waals surface area contributed by atoms with Crippen molar-refractivity contribution in [1.29, 1.82) is 0 Å². The zero-order valence-corrected chi connectivity index (χ0v) is 12.0. The van der Waals surface area contributed by atoms with Crippen molar-refractivity contribution in [2.24, 2.45) is 0 Å². The summed E-state index contributed by atoms with van der Waals surface area (Å²) in [7, 11) is -0.518. The Morgan fingerprint density at radius 3 is 2.80 bits per heavy atom. The van der Waals surface area contributed by atoms with E-state index in [1.54, 1.807) is 18.2 Å². The lowest BCUT2D eigenvalue weighted by atomic mass is 10.2. The van der Waals surface area contributed by atoms with Gasteiger partial charge in [0.15, 0.2) is 0 Å². The number of rotatable bonds is 5. The van der Waals surface area contributed by atoms with E-state index in [1.807, 2.05) is 0 Å². The molecule has 0 spiro atoms. The van der Waals surface area contributed by atoms with Gasteiger partial charge < -0.3 is 4.74 Å². The normalized spacial score (nSPS) is 11.7. The highest BCUT2D eigenvalue weighted by Gasteiger charge is 2.10. The summed E-state index contributed by atoms with van der Waals surface area (Å²) in [6.45, 7) is 0.0438. The van der Waals surface area contributed by atoms with Crippen molar-refractivity contribution in [3.63, 3.8) is 0 Å². The van der Waals surface area contributed by atoms with Gasteiger partial charge in [-0.15, -0.1) is 0 Å². The summed E-state index contributed by atoms with van der Waals surface area (Å²) in [5, 5.41) is 0.397. The molecule has 0 amide bonds. The third-order valence-electron chi connectivity index (χ3n) is 2.94. The smallest absolute Gasteiger partial charge is 0.261 e. The van der Waals surface area contributed by atoms with E-state index in [0.717, 1.165) is 0 Å². The van der Waals surface area contributed by atoms with E-state index in [-0.39, 0.29) is 17.9 Å². The Balaban J connectivity index is 2.41. The van der Waals surface area contributed by atoms with E-state index in [0.29, 0.717) is 16.7 Å². The van der Waals surface area contributed by atoms with Crippen molar-refractivity contribution >= 4 is 20.9 Å². The van der Waals surface area contributed by atoms with Crippen molar-refractivity contribution in [3.8, 4) is 5.75 Å². The molecule has 1 heterocycles. The molecule has 0 aliphatic carbocycles. The predicted octanol–water partition coefficient (Wildman–Crippen LogP) is -0.0457. The first-order valence-corrected chi connectivity index (χ1v) is 7.56. The van der Waals surface area contributed by atoms with E-state index >= 15 is 0 Å². The summed E-state index contributed by atoms with van der Waals surface area (Å²) in [6, 6.07) is 4.99. The fourth-order valence-corrected chi connectivity index (χ4v) is 2.39. The van der Waals surface area contributed by atoms with Gasteiger partial charge in [0.1, 0.15) is 5.75 Å². The number of ether oxygens (including phenoxy) is 1. The Morgan fingerprint density at radius 1 is 1.40 bits per heavy atom. The molecular weight excluding hydrogens is 282 g/mol. The molecule has 0 atom stereocenters. The first-order chi connectivity index (χ1) is 9.46. The Morgan fingerprint density at radius 2 is 2.15 bits per heavy atom. The highest BCUT2D eigenvalue weighted by atomic mass is 32.2. The lowest BCUT2D eigenvalue weighted by molar-refractivity contribution is 0.415. The molecule has 7 nitrogen and oxygen atoms in total. The zero-order chi connectivity index (χ0) is 14.8. The average Bonchev–Trinajstić information content (AvgIpc) is 2.46. The van der Waals surface area contributed by atoms with Crippen LogP contribution in [0.1, 0.15) is 0 Å². The second-order valence-corrected chi connectivity index (χ2v) is 6.20. The van der Waals surface area contributed by atoms with Crippen LogP contribution < -0.4 is 15.0 Å². The van der Waals surface area contributed by atoms with Crippen LogP contribution in [0.2, 0.25) is 0 Å². The standard InChI is InChI=1S/C12H15N3O4S/c1-13-20(17,18)6-5-15-8-14-11-4-3-9(19-2)7-10(11)12(15)16/h3-4,7-8,13H,5-6H2,1-2H3. The number of hydrogen-bond donors (Lipinski definition) is 1. The average molecular weight is 297 g/mol. The van der Waals surface area contributed by atoms with Gasteiger partial charge >= 0.3 is 0 Å². The molecule has 0 unspecified atom stereocenters. The molecule has 0 saturated carbocycles. The van der Waals surface area contributed by atoms with Crippen LogP contribution >= 0.6 is 0 Å². The van der Waals surface area contributed by atoms with Crippen LogP contribution in [-0.2, 0) is 16.6 Å². The third kappa shape index (κ3) is 2.97. The minimum Gasteiger partial charge on any atom is -0.497 e. The number of fused-ring (bicyclic) bond motifs is 1. The minimum absolute atomic E-state index is 0.0438. The number of methoxy groups -OCH3 is 1. The van der Waals surface area contributed by atoms with Crippen LogP contribution in [0.4, 0.5) is 0 Å². The molecule has 20 heavy (non-hydrogen) atoms. The topological polar surface area (TPSA) is 90.3 Å². The minimum atomic E-state index is -3.36. The number of nitrogens with one attached hydrogen (secondary N) is 1. The lowest BCUT2D eigenvalue weighted by Crippen LogP contribution is -2.29. The zero-order valence-electron chi connectivity index (χ0n) is 11.2. The van der Waals surface area contributed by atoms with Gasteiger partial charge in [-0.1, -0.05) is 0 Å². The number of aromatic nitrogens is 2. The van der Waals surface area contributed by atoms with Crippen LogP contribution in [0.3, 0.4) is 0 Å². The summed E-state index contributed by atoms with van der Waals surface area (Å²) in [6.07, 6.45) is 1.35. The monoisotopic (exact) mass is 297 g/mol. The summed E-state index contributed by atoms with van der Waals surface area (Å²) < 4.78 is 31.3. The fraction of sp³-hybridized carbons (Fsp3) is 0.333. The van der Waals surface area contributed by atoms with Gasteiger partial charge in [0.2, 0.25) is 10.0 Å². The molecule has 2 rings (SSSR count). The van der Waals surface area contributed by atoms with Gasteiger partial charge in [-0.05, 0) is 25.2 Å². The quantitative estimate of drug-likeness (QED) is 0.836. The molecule has 1 aromatic heterocycles. The molecule has 0 fully saturated rings. The van der Waals surface area contributed by atoms with Gasteiger partial charge in [0, 0.05) is 6.54 Å². The number of sulfonamides is 1. The highest BCUT2D eigenvalue weighted by molar-refractivity contribution is 7.89. The molecule has 1 N–H and O–H groups in total. The van der Waals surface area contributed by atoms with Gasteiger partial charge in [-0.25, -0.2) is 18.1 Å². The van der Waals surface area contributed by atoms with Crippen LogP contribution in [0, 0.1) is 0 Å². The Bertz CT molecular complexity index is 783. The second-order valence-electron chi connectivity index (χ2n) is 4.15. The van der Waals surface area contributed by atoms with E-state index in [2.05, 4.69) is 9.71 Å². The first kappa shape index (κ1) is 14.5. The number of hydrogen-bond acceptors (Lipinski definition) is 5.